The summed E-state index contributed by atoms with van der Waals surface area (Å²) in [6.45, 7) is 6.42. The molecule has 17 heavy (non-hydrogen) atoms. The maximum Gasteiger partial charge on any atom is 0.306 e. The average molecular weight is 236 g/mol. The van der Waals surface area contributed by atoms with Gasteiger partial charge in [-0.05, 0) is 49.9 Å². The number of fused-ring (bicyclic) bond motifs is 1. The van der Waals surface area contributed by atoms with E-state index in [4.69, 9.17) is 0 Å². The van der Waals surface area contributed by atoms with Gasteiger partial charge in [0.25, 0.3) is 0 Å². The average Bonchev–Trinajstić information content (AvgIpc) is 2.28. The Morgan fingerprint density at radius 1 is 1.41 bits per heavy atom. The van der Waals surface area contributed by atoms with Crippen LogP contribution in [0.2, 0.25) is 0 Å². The first-order valence-corrected chi connectivity index (χ1v) is 6.90. The summed E-state index contributed by atoms with van der Waals surface area (Å²) in [5.41, 5.74) is 1.46. The number of carboxylic acid groups (broad SMARTS) is 1. The highest BCUT2D eigenvalue weighted by Gasteiger charge is 2.41. The van der Waals surface area contributed by atoms with E-state index < -0.39 is 5.97 Å². The van der Waals surface area contributed by atoms with Gasteiger partial charge in [0, 0.05) is 0 Å². The Bertz CT molecular complexity index is 332. The summed E-state index contributed by atoms with van der Waals surface area (Å²) in [7, 11) is 0. The van der Waals surface area contributed by atoms with Crippen molar-refractivity contribution in [3.63, 3.8) is 0 Å². The molecule has 2 rings (SSSR count). The first-order chi connectivity index (χ1) is 8.00. The standard InChI is InChI=1S/C15H24O2/c1-9-4-6-12-10(2)5-7-13(14(12)8-9)11(3)15(16)17/h8,10-14H,4-7H2,1-3H3,(H,16,17). The van der Waals surface area contributed by atoms with Crippen molar-refractivity contribution < 1.29 is 9.90 Å². The Hall–Kier alpha value is -0.790. The Morgan fingerprint density at radius 2 is 2.12 bits per heavy atom. The van der Waals surface area contributed by atoms with Crippen molar-refractivity contribution >= 4 is 5.97 Å². The Balaban J connectivity index is 2.22. The quantitative estimate of drug-likeness (QED) is 0.742. The molecule has 0 heterocycles. The van der Waals surface area contributed by atoms with E-state index in [9.17, 15) is 9.90 Å². The predicted molar refractivity (Wildman–Crippen MR) is 68.7 cm³/mol. The van der Waals surface area contributed by atoms with Gasteiger partial charge in [-0.15, -0.1) is 0 Å². The monoisotopic (exact) mass is 236 g/mol. The van der Waals surface area contributed by atoms with E-state index in [1.807, 2.05) is 6.92 Å². The topological polar surface area (TPSA) is 37.3 Å². The Morgan fingerprint density at radius 3 is 2.76 bits per heavy atom. The lowest BCUT2D eigenvalue weighted by Crippen LogP contribution is -2.39. The second kappa shape index (κ2) is 4.83. The number of hydrogen-bond acceptors (Lipinski definition) is 1. The van der Waals surface area contributed by atoms with Gasteiger partial charge in [-0.1, -0.05) is 31.9 Å². The molecular formula is C15H24O2. The van der Waals surface area contributed by atoms with Gasteiger partial charge in [0.2, 0.25) is 0 Å². The number of hydrogen-bond donors (Lipinski definition) is 1. The molecule has 0 amide bonds. The van der Waals surface area contributed by atoms with Gasteiger partial charge in [-0.3, -0.25) is 4.79 Å². The minimum atomic E-state index is -0.625. The van der Waals surface area contributed by atoms with Crippen molar-refractivity contribution in [3.05, 3.63) is 11.6 Å². The number of aliphatic carboxylic acids is 1. The number of carbonyl (C=O) groups is 1. The van der Waals surface area contributed by atoms with Crippen LogP contribution in [0.1, 0.15) is 46.5 Å². The van der Waals surface area contributed by atoms with Crippen LogP contribution in [-0.2, 0) is 4.79 Å². The molecule has 0 saturated heterocycles. The third-order valence-corrected chi connectivity index (χ3v) is 5.06. The molecular weight excluding hydrogens is 212 g/mol. The van der Waals surface area contributed by atoms with Crippen LogP contribution >= 0.6 is 0 Å². The van der Waals surface area contributed by atoms with E-state index in [1.54, 1.807) is 0 Å². The zero-order chi connectivity index (χ0) is 12.6. The van der Waals surface area contributed by atoms with E-state index in [-0.39, 0.29) is 5.92 Å². The van der Waals surface area contributed by atoms with Gasteiger partial charge in [0.15, 0.2) is 0 Å². The Kier molecular flexibility index (Phi) is 3.60. The van der Waals surface area contributed by atoms with Gasteiger partial charge in [0.05, 0.1) is 5.92 Å². The molecule has 5 atom stereocenters. The van der Waals surface area contributed by atoms with Crippen LogP contribution in [0.4, 0.5) is 0 Å². The summed E-state index contributed by atoms with van der Waals surface area (Å²) in [4.78, 5) is 11.2. The summed E-state index contributed by atoms with van der Waals surface area (Å²) < 4.78 is 0. The number of carboxylic acids is 1. The highest BCUT2D eigenvalue weighted by atomic mass is 16.4. The van der Waals surface area contributed by atoms with Crippen molar-refractivity contribution in [2.24, 2.45) is 29.6 Å². The third kappa shape index (κ3) is 2.41. The lowest BCUT2D eigenvalue weighted by atomic mass is 9.60. The summed E-state index contributed by atoms with van der Waals surface area (Å²) >= 11 is 0. The van der Waals surface area contributed by atoms with Crippen LogP contribution in [0, 0.1) is 29.6 Å². The summed E-state index contributed by atoms with van der Waals surface area (Å²) in [5, 5.41) is 9.24. The summed E-state index contributed by atoms with van der Waals surface area (Å²) in [6.07, 6.45) is 7.14. The van der Waals surface area contributed by atoms with Crippen LogP contribution < -0.4 is 0 Å². The maximum absolute atomic E-state index is 11.2. The zero-order valence-electron chi connectivity index (χ0n) is 11.1. The molecule has 0 aromatic rings. The van der Waals surface area contributed by atoms with E-state index in [0.29, 0.717) is 11.8 Å². The lowest BCUT2D eigenvalue weighted by Gasteiger charge is -2.44. The van der Waals surface area contributed by atoms with Crippen LogP contribution in [0.5, 0.6) is 0 Å². The molecule has 96 valence electrons. The summed E-state index contributed by atoms with van der Waals surface area (Å²) in [5.74, 6) is 1.53. The van der Waals surface area contributed by atoms with Gasteiger partial charge < -0.3 is 5.11 Å². The molecule has 0 aliphatic heterocycles. The molecule has 0 spiro atoms. The highest BCUT2D eigenvalue weighted by molar-refractivity contribution is 5.70. The van der Waals surface area contributed by atoms with E-state index in [0.717, 1.165) is 18.3 Å². The number of rotatable bonds is 2. The van der Waals surface area contributed by atoms with Crippen LogP contribution in [0.3, 0.4) is 0 Å². The fourth-order valence-corrected chi connectivity index (χ4v) is 3.86. The van der Waals surface area contributed by atoms with Gasteiger partial charge in [-0.25, -0.2) is 0 Å². The molecule has 0 radical (unpaired) electrons. The van der Waals surface area contributed by atoms with Crippen LogP contribution in [0.25, 0.3) is 0 Å². The van der Waals surface area contributed by atoms with E-state index >= 15 is 0 Å². The number of allylic oxidation sites excluding steroid dienone is 2. The second-order valence-corrected chi connectivity index (χ2v) is 6.14. The van der Waals surface area contributed by atoms with Crippen LogP contribution in [-0.4, -0.2) is 11.1 Å². The van der Waals surface area contributed by atoms with Crippen molar-refractivity contribution in [1.29, 1.82) is 0 Å². The van der Waals surface area contributed by atoms with Gasteiger partial charge in [0.1, 0.15) is 0 Å². The van der Waals surface area contributed by atoms with Crippen molar-refractivity contribution in [2.45, 2.75) is 46.5 Å². The summed E-state index contributed by atoms with van der Waals surface area (Å²) in [6, 6.07) is 0. The molecule has 1 N–H and O–H groups in total. The van der Waals surface area contributed by atoms with Crippen molar-refractivity contribution in [3.8, 4) is 0 Å². The smallest absolute Gasteiger partial charge is 0.306 e. The van der Waals surface area contributed by atoms with E-state index in [2.05, 4.69) is 19.9 Å². The molecule has 2 aliphatic carbocycles. The van der Waals surface area contributed by atoms with Gasteiger partial charge >= 0.3 is 5.97 Å². The first kappa shape index (κ1) is 12.7. The maximum atomic E-state index is 11.2. The van der Waals surface area contributed by atoms with Crippen molar-refractivity contribution in [1.82, 2.24) is 0 Å². The molecule has 5 unspecified atom stereocenters. The third-order valence-electron chi connectivity index (χ3n) is 5.06. The molecule has 2 aliphatic rings. The highest BCUT2D eigenvalue weighted by Crippen LogP contribution is 2.47. The molecule has 2 heteroatoms. The van der Waals surface area contributed by atoms with Crippen molar-refractivity contribution in [2.75, 3.05) is 0 Å². The minimum Gasteiger partial charge on any atom is -0.481 e. The zero-order valence-corrected chi connectivity index (χ0v) is 11.1. The molecule has 0 aromatic carbocycles. The molecule has 1 saturated carbocycles. The molecule has 1 fully saturated rings. The molecule has 0 bridgehead atoms. The fourth-order valence-electron chi connectivity index (χ4n) is 3.86. The molecule has 2 nitrogen and oxygen atoms in total. The van der Waals surface area contributed by atoms with Gasteiger partial charge in [-0.2, -0.15) is 0 Å². The first-order valence-electron chi connectivity index (χ1n) is 6.90. The minimum absolute atomic E-state index is 0.197. The second-order valence-electron chi connectivity index (χ2n) is 6.14. The SMILES string of the molecule is CC1=CC2C(CC1)C(C)CCC2C(C)C(=O)O. The normalized spacial score (nSPS) is 39.1. The predicted octanol–water partition coefficient (Wildman–Crippen LogP) is 3.73. The fraction of sp³-hybridized carbons (Fsp3) is 0.800. The largest absolute Gasteiger partial charge is 0.481 e. The molecule has 0 aromatic heterocycles. The Labute approximate surface area is 104 Å². The van der Waals surface area contributed by atoms with Crippen LogP contribution in [0.15, 0.2) is 11.6 Å². The van der Waals surface area contributed by atoms with E-state index in [1.165, 1.54) is 24.8 Å². The lowest BCUT2D eigenvalue weighted by molar-refractivity contribution is -0.144.